The summed E-state index contributed by atoms with van der Waals surface area (Å²) in [6.07, 6.45) is 13.0. The molecule has 2 aliphatic carbocycles. The Bertz CT molecular complexity index is 1130. The van der Waals surface area contributed by atoms with E-state index in [0.29, 0.717) is 35.6 Å². The van der Waals surface area contributed by atoms with Crippen LogP contribution in [0.25, 0.3) is 6.08 Å². The van der Waals surface area contributed by atoms with Crippen LogP contribution < -0.4 is 16.0 Å². The van der Waals surface area contributed by atoms with E-state index >= 15 is 0 Å². The molecule has 0 saturated heterocycles. The number of aliphatic hydroxyl groups is 1. The van der Waals surface area contributed by atoms with Crippen LogP contribution >= 0.6 is 11.6 Å². The Hall–Kier alpha value is -2.60. The number of rotatable bonds is 6. The fourth-order valence-electron chi connectivity index (χ4n) is 5.87. The maximum atomic E-state index is 14.0. The molecule has 0 bridgehead atoms. The molecule has 1 aliphatic heterocycles. The van der Waals surface area contributed by atoms with Gasteiger partial charge in [-0.15, -0.1) is 0 Å². The van der Waals surface area contributed by atoms with Gasteiger partial charge < -0.3 is 21.1 Å². The van der Waals surface area contributed by atoms with Crippen molar-refractivity contribution in [3.63, 3.8) is 0 Å². The summed E-state index contributed by atoms with van der Waals surface area (Å²) in [5.41, 5.74) is 1.37. The third-order valence-electron chi connectivity index (χ3n) is 7.76. The van der Waals surface area contributed by atoms with Gasteiger partial charge in [0.25, 0.3) is 0 Å². The van der Waals surface area contributed by atoms with E-state index in [1.54, 1.807) is 12.3 Å². The molecule has 1 aromatic carbocycles. The molecule has 35 heavy (non-hydrogen) atoms. The summed E-state index contributed by atoms with van der Waals surface area (Å²) in [4.78, 5) is 0. The molecule has 5 rings (SSSR count). The smallest absolute Gasteiger partial charge is 0.160 e. The number of anilines is 2. The van der Waals surface area contributed by atoms with Crippen LogP contribution in [0.15, 0.2) is 24.4 Å². The molecule has 9 heteroatoms. The van der Waals surface area contributed by atoms with Crippen LogP contribution in [0.1, 0.15) is 81.7 Å². The average Bonchev–Trinajstić information content (AvgIpc) is 3.24. The molecule has 4 N–H and O–H groups in total. The highest BCUT2D eigenvalue weighted by Crippen LogP contribution is 2.43. The summed E-state index contributed by atoms with van der Waals surface area (Å²) in [6.45, 7) is 0. The second kappa shape index (κ2) is 10.2. The highest BCUT2D eigenvalue weighted by atomic mass is 35.5. The van der Waals surface area contributed by atoms with Crippen LogP contribution in [0.3, 0.4) is 0 Å². The largest absolute Gasteiger partial charge is 0.369 e. The van der Waals surface area contributed by atoms with E-state index in [1.165, 1.54) is 44.2 Å². The van der Waals surface area contributed by atoms with Crippen molar-refractivity contribution in [1.82, 2.24) is 20.4 Å². The van der Waals surface area contributed by atoms with Crippen molar-refractivity contribution in [2.24, 2.45) is 0 Å². The second-order valence-electron chi connectivity index (χ2n) is 10.1. The first-order chi connectivity index (χ1) is 17.0. The number of halogens is 2. The van der Waals surface area contributed by atoms with Gasteiger partial charge in [0.1, 0.15) is 5.82 Å². The second-order valence-corrected chi connectivity index (χ2v) is 10.5. The van der Waals surface area contributed by atoms with E-state index in [4.69, 9.17) is 16.7 Å². The maximum Gasteiger partial charge on any atom is 0.160 e. The molecule has 2 fully saturated rings. The van der Waals surface area contributed by atoms with Crippen LogP contribution in [-0.4, -0.2) is 27.0 Å². The molecule has 0 amide bonds. The predicted octanol–water partition coefficient (Wildman–Crippen LogP) is 5.46. The van der Waals surface area contributed by atoms with Crippen molar-refractivity contribution in [1.29, 1.82) is 5.26 Å². The van der Waals surface area contributed by atoms with E-state index in [-0.39, 0.29) is 5.02 Å². The van der Waals surface area contributed by atoms with E-state index in [1.807, 2.05) is 10.8 Å². The van der Waals surface area contributed by atoms with E-state index in [9.17, 15) is 14.8 Å². The van der Waals surface area contributed by atoms with Crippen LogP contribution in [0.5, 0.6) is 0 Å². The SMILES string of the molecule is N#CC[C@]1(n2nc(Nc3ccc(Cl)c(F)c3)c3c2C=CNC3O)CC[C@@H](NC2CCCCC2)CC1. The Morgan fingerprint density at radius 1 is 1.20 bits per heavy atom. The number of hydrogen-bond donors (Lipinski definition) is 4. The fourth-order valence-corrected chi connectivity index (χ4v) is 5.99. The Balaban J connectivity index is 1.43. The quantitative estimate of drug-likeness (QED) is 0.422. The number of benzene rings is 1. The highest BCUT2D eigenvalue weighted by molar-refractivity contribution is 6.30. The van der Waals surface area contributed by atoms with Gasteiger partial charge in [-0.1, -0.05) is 30.9 Å². The minimum atomic E-state index is -0.966. The van der Waals surface area contributed by atoms with Crippen molar-refractivity contribution in [3.8, 4) is 6.07 Å². The number of nitrogens with one attached hydrogen (secondary N) is 3. The van der Waals surface area contributed by atoms with Crippen LogP contribution in [0.2, 0.25) is 5.02 Å². The molecule has 1 aromatic heterocycles. The molecule has 2 saturated carbocycles. The summed E-state index contributed by atoms with van der Waals surface area (Å²) >= 11 is 5.84. The zero-order valence-electron chi connectivity index (χ0n) is 19.7. The summed E-state index contributed by atoms with van der Waals surface area (Å²) < 4.78 is 16.0. The monoisotopic (exact) mass is 498 g/mol. The molecular formula is C26H32ClFN6O. The Morgan fingerprint density at radius 2 is 1.94 bits per heavy atom. The normalized spacial score (nSPS) is 26.6. The molecule has 2 heterocycles. The molecule has 2 aromatic rings. The molecule has 1 atom stereocenters. The van der Waals surface area contributed by atoms with Gasteiger partial charge in [0, 0.05) is 24.0 Å². The highest BCUT2D eigenvalue weighted by Gasteiger charge is 2.41. The van der Waals surface area contributed by atoms with Crippen LogP contribution in [0.4, 0.5) is 15.9 Å². The topological polar surface area (TPSA) is 97.9 Å². The Labute approximate surface area is 210 Å². The molecule has 7 nitrogen and oxygen atoms in total. The Kier molecular flexibility index (Phi) is 7.01. The van der Waals surface area contributed by atoms with Crippen LogP contribution in [0, 0.1) is 17.1 Å². The molecule has 1 unspecified atom stereocenters. The molecule has 186 valence electrons. The number of hydrogen-bond acceptors (Lipinski definition) is 6. The first kappa shape index (κ1) is 24.1. The van der Waals surface area contributed by atoms with Crippen molar-refractivity contribution >= 4 is 29.2 Å². The van der Waals surface area contributed by atoms with Gasteiger partial charge in [0.2, 0.25) is 0 Å². The molecular weight excluding hydrogens is 467 g/mol. The number of nitriles is 1. The van der Waals surface area contributed by atoms with E-state index < -0.39 is 17.6 Å². The third-order valence-corrected chi connectivity index (χ3v) is 8.07. The van der Waals surface area contributed by atoms with Gasteiger partial charge in [-0.05, 0) is 62.8 Å². The average molecular weight is 499 g/mol. The zero-order valence-corrected chi connectivity index (χ0v) is 20.5. The summed E-state index contributed by atoms with van der Waals surface area (Å²) in [5, 5.41) is 35.4. The predicted molar refractivity (Wildman–Crippen MR) is 135 cm³/mol. The lowest BCUT2D eigenvalue weighted by Gasteiger charge is -2.41. The first-order valence-corrected chi connectivity index (χ1v) is 13.0. The Morgan fingerprint density at radius 3 is 2.66 bits per heavy atom. The first-order valence-electron chi connectivity index (χ1n) is 12.6. The van der Waals surface area contributed by atoms with E-state index in [0.717, 1.165) is 31.4 Å². The fraction of sp³-hybridized carbons (Fsp3) is 0.538. The number of fused-ring (bicyclic) bond motifs is 1. The minimum Gasteiger partial charge on any atom is -0.369 e. The summed E-state index contributed by atoms with van der Waals surface area (Å²) in [6, 6.07) is 7.91. The van der Waals surface area contributed by atoms with Gasteiger partial charge in [-0.2, -0.15) is 10.4 Å². The lowest BCUT2D eigenvalue weighted by molar-refractivity contribution is 0.140. The van der Waals surface area contributed by atoms with Gasteiger partial charge >= 0.3 is 0 Å². The summed E-state index contributed by atoms with van der Waals surface area (Å²) in [5.74, 6) is -0.0980. The number of nitrogens with zero attached hydrogens (tertiary/aromatic N) is 3. The molecule has 0 radical (unpaired) electrons. The number of aliphatic hydroxyl groups excluding tert-OH is 1. The van der Waals surface area contributed by atoms with Crippen molar-refractivity contribution in [3.05, 3.63) is 46.5 Å². The lowest BCUT2D eigenvalue weighted by atomic mass is 9.77. The molecule has 3 aliphatic rings. The maximum absolute atomic E-state index is 14.0. The van der Waals surface area contributed by atoms with Crippen molar-refractivity contribution in [2.75, 3.05) is 5.32 Å². The minimum absolute atomic E-state index is 0.0410. The third kappa shape index (κ3) is 4.90. The zero-order chi connectivity index (χ0) is 24.4. The van der Waals surface area contributed by atoms with Crippen molar-refractivity contribution in [2.45, 2.75) is 88.1 Å². The number of aromatic nitrogens is 2. The van der Waals surface area contributed by atoms with Gasteiger partial charge in [0.15, 0.2) is 12.0 Å². The lowest BCUT2D eigenvalue weighted by Crippen LogP contribution is -2.47. The molecule has 0 spiro atoms. The standard InChI is InChI=1S/C26H32ClFN6O/c27-20-7-6-19(16-21(20)28)32-24-23-22(10-15-30-25(23)35)34(33-24)26(13-14-29)11-8-18(9-12-26)31-17-4-2-1-3-5-17/h6-7,10,15-18,25,30-31,35H,1-5,8-9,11-13H2,(H,32,33)/t18-,25?,26+. The summed E-state index contributed by atoms with van der Waals surface area (Å²) in [7, 11) is 0. The van der Waals surface area contributed by atoms with Gasteiger partial charge in [-0.25, -0.2) is 4.39 Å². The van der Waals surface area contributed by atoms with Gasteiger partial charge in [-0.3, -0.25) is 4.68 Å². The van der Waals surface area contributed by atoms with Crippen molar-refractivity contribution < 1.29 is 9.50 Å². The van der Waals surface area contributed by atoms with Gasteiger partial charge in [0.05, 0.1) is 34.3 Å². The van der Waals surface area contributed by atoms with Crippen LogP contribution in [-0.2, 0) is 5.54 Å². The van der Waals surface area contributed by atoms with E-state index in [2.05, 4.69) is 22.0 Å².